The SMILES string of the molecule is COc1ccc2ncc(C(=O)N(CC3CCC3)C(C)CO)n2n1. The minimum atomic E-state index is -0.237. The van der Waals surface area contributed by atoms with Gasteiger partial charge in [-0.15, -0.1) is 5.10 Å². The number of methoxy groups -OCH3 is 1. The van der Waals surface area contributed by atoms with Crippen LogP contribution in [0, 0.1) is 5.92 Å². The molecule has 1 aliphatic rings. The zero-order valence-electron chi connectivity index (χ0n) is 13.5. The van der Waals surface area contributed by atoms with E-state index in [0.29, 0.717) is 29.7 Å². The molecule has 1 unspecified atom stereocenters. The van der Waals surface area contributed by atoms with Crippen LogP contribution in [0.3, 0.4) is 0 Å². The Labute approximate surface area is 134 Å². The third-order valence-electron chi connectivity index (χ3n) is 4.50. The summed E-state index contributed by atoms with van der Waals surface area (Å²) < 4.78 is 6.62. The summed E-state index contributed by atoms with van der Waals surface area (Å²) in [6.07, 6.45) is 5.03. The second-order valence-corrected chi connectivity index (χ2v) is 6.08. The lowest BCUT2D eigenvalue weighted by atomic mass is 9.85. The van der Waals surface area contributed by atoms with E-state index in [-0.39, 0.29) is 18.6 Å². The van der Waals surface area contributed by atoms with Crippen molar-refractivity contribution in [3.8, 4) is 5.88 Å². The van der Waals surface area contributed by atoms with E-state index in [4.69, 9.17) is 4.74 Å². The Kier molecular flexibility index (Phi) is 4.47. The van der Waals surface area contributed by atoms with Gasteiger partial charge in [-0.05, 0) is 31.7 Å². The smallest absolute Gasteiger partial charge is 0.274 e. The second kappa shape index (κ2) is 6.54. The first-order chi connectivity index (χ1) is 11.1. The van der Waals surface area contributed by atoms with Crippen molar-refractivity contribution in [3.63, 3.8) is 0 Å². The van der Waals surface area contributed by atoms with Crippen LogP contribution >= 0.6 is 0 Å². The molecular formula is C16H22N4O3. The van der Waals surface area contributed by atoms with Gasteiger partial charge in [-0.25, -0.2) is 9.50 Å². The highest BCUT2D eigenvalue weighted by Crippen LogP contribution is 2.28. The fourth-order valence-corrected chi connectivity index (χ4v) is 2.77. The maximum atomic E-state index is 13.0. The topological polar surface area (TPSA) is 80.0 Å². The summed E-state index contributed by atoms with van der Waals surface area (Å²) in [6.45, 7) is 2.46. The fraction of sp³-hybridized carbons (Fsp3) is 0.562. The molecule has 1 amide bonds. The van der Waals surface area contributed by atoms with Crippen molar-refractivity contribution in [1.82, 2.24) is 19.5 Å². The summed E-state index contributed by atoms with van der Waals surface area (Å²) in [4.78, 5) is 18.9. The normalized spacial score (nSPS) is 16.1. The molecule has 2 aromatic rings. The number of hydrogen-bond donors (Lipinski definition) is 1. The average Bonchev–Trinajstić information content (AvgIpc) is 2.95. The van der Waals surface area contributed by atoms with Gasteiger partial charge < -0.3 is 14.7 Å². The maximum Gasteiger partial charge on any atom is 0.274 e. The van der Waals surface area contributed by atoms with Gasteiger partial charge in [0.05, 0.1) is 26.0 Å². The second-order valence-electron chi connectivity index (χ2n) is 6.08. The van der Waals surface area contributed by atoms with Crippen molar-refractivity contribution in [1.29, 1.82) is 0 Å². The van der Waals surface area contributed by atoms with Gasteiger partial charge in [0, 0.05) is 12.6 Å². The molecule has 1 fully saturated rings. The van der Waals surface area contributed by atoms with E-state index in [1.807, 2.05) is 6.92 Å². The summed E-state index contributed by atoms with van der Waals surface area (Å²) in [7, 11) is 1.53. The van der Waals surface area contributed by atoms with E-state index >= 15 is 0 Å². The fourth-order valence-electron chi connectivity index (χ4n) is 2.77. The highest BCUT2D eigenvalue weighted by molar-refractivity contribution is 5.93. The summed E-state index contributed by atoms with van der Waals surface area (Å²) in [5.74, 6) is 0.784. The standard InChI is InChI=1S/C16H22N4O3/c1-11(10-21)19(9-12-4-3-5-12)16(22)13-8-17-14-6-7-15(23-2)18-20(13)14/h6-8,11-12,21H,3-5,9-10H2,1-2H3. The first-order valence-electron chi connectivity index (χ1n) is 7.94. The van der Waals surface area contributed by atoms with Crippen LogP contribution < -0.4 is 4.74 Å². The van der Waals surface area contributed by atoms with Crippen molar-refractivity contribution >= 4 is 11.6 Å². The number of aliphatic hydroxyl groups excluding tert-OH is 1. The number of aromatic nitrogens is 3. The molecule has 7 nitrogen and oxygen atoms in total. The molecule has 0 saturated heterocycles. The maximum absolute atomic E-state index is 13.0. The average molecular weight is 318 g/mol. The van der Waals surface area contributed by atoms with Crippen molar-refractivity contribution in [3.05, 3.63) is 24.0 Å². The van der Waals surface area contributed by atoms with Crippen molar-refractivity contribution in [2.45, 2.75) is 32.2 Å². The van der Waals surface area contributed by atoms with Crippen LogP contribution in [-0.2, 0) is 0 Å². The largest absolute Gasteiger partial charge is 0.480 e. The Morgan fingerprint density at radius 1 is 1.52 bits per heavy atom. The third kappa shape index (κ3) is 3.01. The Bertz CT molecular complexity index is 696. The molecule has 1 saturated carbocycles. The minimum Gasteiger partial charge on any atom is -0.480 e. The van der Waals surface area contributed by atoms with Crippen LogP contribution in [-0.4, -0.2) is 56.8 Å². The molecule has 7 heteroatoms. The number of rotatable bonds is 6. The Morgan fingerprint density at radius 3 is 2.91 bits per heavy atom. The molecule has 1 aliphatic carbocycles. The quantitative estimate of drug-likeness (QED) is 0.870. The lowest BCUT2D eigenvalue weighted by molar-refractivity contribution is 0.0521. The van der Waals surface area contributed by atoms with E-state index in [1.54, 1.807) is 17.0 Å². The molecule has 2 heterocycles. The zero-order chi connectivity index (χ0) is 16.4. The van der Waals surface area contributed by atoms with Crippen molar-refractivity contribution < 1.29 is 14.6 Å². The van der Waals surface area contributed by atoms with E-state index in [9.17, 15) is 9.90 Å². The van der Waals surface area contributed by atoms with Crippen LogP contribution in [0.2, 0.25) is 0 Å². The number of aliphatic hydroxyl groups is 1. The third-order valence-corrected chi connectivity index (χ3v) is 4.50. The van der Waals surface area contributed by atoms with Crippen LogP contribution in [0.25, 0.3) is 5.65 Å². The van der Waals surface area contributed by atoms with Crippen molar-refractivity contribution in [2.75, 3.05) is 20.3 Å². The number of ether oxygens (including phenoxy) is 1. The number of hydrogen-bond acceptors (Lipinski definition) is 5. The Hall–Kier alpha value is -2.15. The Balaban J connectivity index is 1.92. The first-order valence-corrected chi connectivity index (χ1v) is 7.94. The lowest BCUT2D eigenvalue weighted by Gasteiger charge is -2.35. The predicted octanol–water partition coefficient (Wildman–Crippen LogP) is 1.36. The molecule has 124 valence electrons. The molecule has 0 aliphatic heterocycles. The number of carbonyl (C=O) groups excluding carboxylic acids is 1. The summed E-state index contributed by atoms with van der Waals surface area (Å²) in [6, 6.07) is 3.23. The Morgan fingerprint density at radius 2 is 2.30 bits per heavy atom. The first kappa shape index (κ1) is 15.7. The zero-order valence-corrected chi connectivity index (χ0v) is 13.5. The van der Waals surface area contributed by atoms with Crippen LogP contribution in [0.15, 0.2) is 18.3 Å². The highest BCUT2D eigenvalue weighted by atomic mass is 16.5. The molecule has 23 heavy (non-hydrogen) atoms. The van der Waals surface area contributed by atoms with Crippen LogP contribution in [0.4, 0.5) is 0 Å². The van der Waals surface area contributed by atoms with Crippen LogP contribution in [0.1, 0.15) is 36.7 Å². The number of amides is 1. The lowest BCUT2D eigenvalue weighted by Crippen LogP contribution is -2.45. The van der Waals surface area contributed by atoms with E-state index in [1.165, 1.54) is 24.2 Å². The van der Waals surface area contributed by atoms with Gasteiger partial charge in [0.2, 0.25) is 5.88 Å². The van der Waals surface area contributed by atoms with E-state index in [0.717, 1.165) is 12.8 Å². The molecule has 0 aromatic carbocycles. The van der Waals surface area contributed by atoms with Gasteiger partial charge in [-0.1, -0.05) is 6.42 Å². The summed E-state index contributed by atoms with van der Waals surface area (Å²) in [5.41, 5.74) is 0.980. The molecule has 2 aromatic heterocycles. The molecule has 3 rings (SSSR count). The van der Waals surface area contributed by atoms with Crippen molar-refractivity contribution in [2.24, 2.45) is 5.92 Å². The van der Waals surface area contributed by atoms with Gasteiger partial charge in [-0.3, -0.25) is 4.79 Å². The van der Waals surface area contributed by atoms with Crippen LogP contribution in [0.5, 0.6) is 5.88 Å². The van der Waals surface area contributed by atoms with E-state index < -0.39 is 0 Å². The highest BCUT2D eigenvalue weighted by Gasteiger charge is 2.29. The molecule has 0 bridgehead atoms. The van der Waals surface area contributed by atoms with Gasteiger partial charge in [-0.2, -0.15) is 0 Å². The monoisotopic (exact) mass is 318 g/mol. The minimum absolute atomic E-state index is 0.0635. The summed E-state index contributed by atoms with van der Waals surface area (Å²) >= 11 is 0. The number of fused-ring (bicyclic) bond motifs is 1. The predicted molar refractivity (Wildman–Crippen MR) is 84.5 cm³/mol. The molecular weight excluding hydrogens is 296 g/mol. The van der Waals surface area contributed by atoms with Gasteiger partial charge in [0.15, 0.2) is 11.3 Å². The van der Waals surface area contributed by atoms with Gasteiger partial charge in [0.1, 0.15) is 0 Å². The van der Waals surface area contributed by atoms with Gasteiger partial charge in [0.25, 0.3) is 5.91 Å². The molecule has 0 spiro atoms. The molecule has 0 radical (unpaired) electrons. The van der Waals surface area contributed by atoms with Gasteiger partial charge >= 0.3 is 0 Å². The molecule has 1 N–H and O–H groups in total. The number of carbonyl (C=O) groups is 1. The number of imidazole rings is 1. The number of nitrogens with zero attached hydrogens (tertiary/aromatic N) is 4. The molecule has 1 atom stereocenters. The van der Waals surface area contributed by atoms with E-state index in [2.05, 4.69) is 10.1 Å². The summed E-state index contributed by atoms with van der Waals surface area (Å²) in [5, 5.41) is 13.8.